The highest BCUT2D eigenvalue weighted by molar-refractivity contribution is 8.02. The minimum atomic E-state index is -1.18. The molecule has 0 radical (unpaired) electrons. The first-order valence-electron chi connectivity index (χ1n) is 9.60. The number of rotatable bonds is 8. The number of nitrogens with one attached hydrogen (secondary N) is 1. The fourth-order valence-electron chi connectivity index (χ4n) is 3.27. The number of aromatic nitrogens is 2. The van der Waals surface area contributed by atoms with Crippen LogP contribution in [0.2, 0.25) is 0 Å². The average Bonchev–Trinajstić information content (AvgIpc) is 3.24. The monoisotopic (exact) mass is 529 g/mol. The minimum absolute atomic E-state index is 0.0384. The second kappa shape index (κ2) is 10.4. The number of carboxylic acid groups (broad SMARTS) is 1. The average molecular weight is 530 g/mol. The highest BCUT2D eigenvalue weighted by Crippen LogP contribution is 2.41. The molecule has 0 aromatic carbocycles. The van der Waals surface area contributed by atoms with E-state index in [-0.39, 0.29) is 17.2 Å². The Balaban J connectivity index is 1.47. The fraction of sp³-hybridized carbons (Fsp3) is 0.444. The molecule has 1 unspecified atom stereocenters. The Bertz CT molecular complexity index is 1070. The second-order valence-corrected chi connectivity index (χ2v) is 11.3. The van der Waals surface area contributed by atoms with Crippen molar-refractivity contribution in [3.63, 3.8) is 0 Å². The SMILES string of the molecule is CON=C(C(=O)NC1C(=O)N2C(C(=O)O)=C(CSc3nnc(C)s3)CS[C@H]12)C1=CSCCO1. The Hall–Kier alpha value is -2.23. The summed E-state index contributed by atoms with van der Waals surface area (Å²) in [6.07, 6.45) is 0. The predicted molar refractivity (Wildman–Crippen MR) is 126 cm³/mol. The maximum Gasteiger partial charge on any atom is 0.352 e. The number of fused-ring (bicyclic) bond motifs is 1. The van der Waals surface area contributed by atoms with Crippen LogP contribution in [0.1, 0.15) is 5.01 Å². The van der Waals surface area contributed by atoms with Gasteiger partial charge in [0.05, 0.1) is 6.61 Å². The first-order chi connectivity index (χ1) is 15.9. The summed E-state index contributed by atoms with van der Waals surface area (Å²) >= 11 is 5.69. The lowest BCUT2D eigenvalue weighted by molar-refractivity contribution is -0.150. The van der Waals surface area contributed by atoms with E-state index in [9.17, 15) is 19.5 Å². The molecule has 2 atom stereocenters. The summed E-state index contributed by atoms with van der Waals surface area (Å²) in [5, 5.41) is 26.2. The molecule has 1 saturated heterocycles. The third-order valence-electron chi connectivity index (χ3n) is 4.69. The summed E-state index contributed by atoms with van der Waals surface area (Å²) in [7, 11) is 1.31. The van der Waals surface area contributed by atoms with Crippen molar-refractivity contribution in [1.29, 1.82) is 0 Å². The number of oxime groups is 1. The maximum atomic E-state index is 12.9. The van der Waals surface area contributed by atoms with Gasteiger partial charge in [0.2, 0.25) is 5.71 Å². The number of aryl methyl sites for hydroxylation is 1. The maximum absolute atomic E-state index is 12.9. The van der Waals surface area contributed by atoms with E-state index in [1.165, 1.54) is 58.6 Å². The topological polar surface area (TPSA) is 143 Å². The van der Waals surface area contributed by atoms with Gasteiger partial charge in [-0.2, -0.15) is 0 Å². The summed E-state index contributed by atoms with van der Waals surface area (Å²) in [5.41, 5.74) is 0.512. The van der Waals surface area contributed by atoms with Crippen molar-refractivity contribution in [1.82, 2.24) is 20.4 Å². The van der Waals surface area contributed by atoms with Gasteiger partial charge < -0.3 is 20.0 Å². The van der Waals surface area contributed by atoms with Crippen molar-refractivity contribution >= 4 is 70.1 Å². The minimum Gasteiger partial charge on any atom is -0.490 e. The van der Waals surface area contributed by atoms with E-state index in [0.29, 0.717) is 23.7 Å². The Kier molecular flexibility index (Phi) is 7.51. The molecule has 1 fully saturated rings. The standard InChI is InChI=1S/C18H19N5O6S4/c1-8-20-21-18(33-8)32-6-9-5-31-16-12(15(25)23(16)13(9)17(26)27)19-14(24)11(22-28-2)10-7-30-4-3-29-10/h7,12,16H,3-6H2,1-2H3,(H,19,24)(H,26,27)/t12?,16-/m1/s1. The summed E-state index contributed by atoms with van der Waals surface area (Å²) in [6.45, 7) is 2.27. The van der Waals surface area contributed by atoms with Crippen LogP contribution in [0.3, 0.4) is 0 Å². The highest BCUT2D eigenvalue weighted by atomic mass is 32.2. The van der Waals surface area contributed by atoms with Crippen molar-refractivity contribution in [2.75, 3.05) is 31.0 Å². The van der Waals surface area contributed by atoms with Crippen LogP contribution in [0.4, 0.5) is 0 Å². The normalized spacial score (nSPS) is 22.7. The molecule has 15 heteroatoms. The van der Waals surface area contributed by atoms with Crippen molar-refractivity contribution in [2.45, 2.75) is 22.7 Å². The van der Waals surface area contributed by atoms with Crippen molar-refractivity contribution < 1.29 is 29.1 Å². The number of carbonyl (C=O) groups is 3. The van der Waals surface area contributed by atoms with Gasteiger partial charge >= 0.3 is 5.97 Å². The lowest BCUT2D eigenvalue weighted by atomic mass is 10.0. The number of β-lactam (4-membered cyclic amide) rings is 1. The molecule has 176 valence electrons. The zero-order valence-corrected chi connectivity index (χ0v) is 20.7. The van der Waals surface area contributed by atoms with Crippen molar-refractivity contribution in [3.05, 3.63) is 27.4 Å². The fourth-order valence-corrected chi connectivity index (χ4v) is 7.20. The van der Waals surface area contributed by atoms with Crippen LogP contribution in [0.25, 0.3) is 0 Å². The van der Waals surface area contributed by atoms with Gasteiger partial charge in [-0.25, -0.2) is 4.79 Å². The molecule has 1 aromatic rings. The highest BCUT2D eigenvalue weighted by Gasteiger charge is 2.54. The first-order valence-corrected chi connectivity index (χ1v) is 13.5. The van der Waals surface area contributed by atoms with E-state index in [0.717, 1.165) is 15.1 Å². The van der Waals surface area contributed by atoms with E-state index < -0.39 is 29.2 Å². The van der Waals surface area contributed by atoms with Gasteiger partial charge in [-0.3, -0.25) is 14.5 Å². The molecule has 33 heavy (non-hydrogen) atoms. The summed E-state index contributed by atoms with van der Waals surface area (Å²) in [6, 6.07) is -0.879. The molecule has 2 amide bonds. The third-order valence-corrected chi connectivity index (χ3v) is 8.87. The Labute approximate surface area is 205 Å². The quantitative estimate of drug-likeness (QED) is 0.218. The van der Waals surface area contributed by atoms with E-state index in [1.54, 1.807) is 5.41 Å². The lowest BCUT2D eigenvalue weighted by Crippen LogP contribution is -2.71. The van der Waals surface area contributed by atoms with Gasteiger partial charge in [0, 0.05) is 22.7 Å². The van der Waals surface area contributed by atoms with Crippen LogP contribution < -0.4 is 5.32 Å². The van der Waals surface area contributed by atoms with Gasteiger partial charge in [-0.15, -0.1) is 33.7 Å². The Morgan fingerprint density at radius 3 is 2.91 bits per heavy atom. The van der Waals surface area contributed by atoms with Crippen LogP contribution in [0, 0.1) is 6.92 Å². The largest absolute Gasteiger partial charge is 0.490 e. The number of carbonyl (C=O) groups excluding carboxylic acids is 2. The predicted octanol–water partition coefficient (Wildman–Crippen LogP) is 1.28. The van der Waals surface area contributed by atoms with Gasteiger partial charge in [0.25, 0.3) is 11.8 Å². The molecule has 3 aliphatic rings. The lowest BCUT2D eigenvalue weighted by Gasteiger charge is -2.49. The third kappa shape index (κ3) is 5.00. The van der Waals surface area contributed by atoms with Crippen LogP contribution in [-0.2, 0) is 24.0 Å². The second-order valence-electron chi connectivity index (χ2n) is 6.82. The Morgan fingerprint density at radius 2 is 2.27 bits per heavy atom. The van der Waals surface area contributed by atoms with Gasteiger partial charge in [0.15, 0.2) is 10.1 Å². The smallest absolute Gasteiger partial charge is 0.352 e. The summed E-state index contributed by atoms with van der Waals surface area (Å²) < 4.78 is 6.22. The number of carboxylic acids is 1. The number of aliphatic carboxylic acids is 1. The zero-order valence-electron chi connectivity index (χ0n) is 17.5. The molecule has 0 aliphatic carbocycles. The van der Waals surface area contributed by atoms with Crippen LogP contribution in [0.15, 0.2) is 31.9 Å². The number of nitrogens with zero attached hydrogens (tertiary/aromatic N) is 4. The summed E-state index contributed by atoms with van der Waals surface area (Å²) in [4.78, 5) is 43.7. The van der Waals surface area contributed by atoms with E-state index in [2.05, 4.69) is 20.7 Å². The molecule has 4 rings (SSSR count). The number of thioether (sulfide) groups is 3. The Morgan fingerprint density at radius 1 is 1.45 bits per heavy atom. The molecule has 0 spiro atoms. The number of amides is 2. The number of hydrogen-bond donors (Lipinski definition) is 2. The van der Waals surface area contributed by atoms with Gasteiger partial charge in [0.1, 0.15) is 29.2 Å². The summed E-state index contributed by atoms with van der Waals surface area (Å²) in [5.74, 6) is -0.481. The molecule has 1 aromatic heterocycles. The van der Waals surface area contributed by atoms with E-state index in [4.69, 9.17) is 9.57 Å². The van der Waals surface area contributed by atoms with Crippen molar-refractivity contribution in [2.24, 2.45) is 5.16 Å². The van der Waals surface area contributed by atoms with E-state index in [1.807, 2.05) is 6.92 Å². The van der Waals surface area contributed by atoms with Crippen LogP contribution in [0.5, 0.6) is 0 Å². The van der Waals surface area contributed by atoms with Crippen LogP contribution in [-0.4, -0.2) is 86.1 Å². The first kappa shape index (κ1) is 23.9. The van der Waals surface area contributed by atoms with Crippen molar-refractivity contribution in [3.8, 4) is 0 Å². The van der Waals surface area contributed by atoms with Gasteiger partial charge in [-0.05, 0) is 12.5 Å². The molecule has 11 nitrogen and oxygen atoms in total. The van der Waals surface area contributed by atoms with E-state index >= 15 is 0 Å². The molecule has 4 heterocycles. The van der Waals surface area contributed by atoms with Crippen LogP contribution >= 0.6 is 46.6 Å². The molecule has 3 aliphatic heterocycles. The molecule has 2 N–H and O–H groups in total. The molecule has 0 saturated carbocycles. The number of ether oxygens (including phenoxy) is 1. The zero-order chi connectivity index (χ0) is 23.5. The molecule has 0 bridgehead atoms. The van der Waals surface area contributed by atoms with Gasteiger partial charge in [-0.1, -0.05) is 28.3 Å². The number of hydrogen-bond acceptors (Lipinski definition) is 12. The molecular weight excluding hydrogens is 510 g/mol. The molecular formula is C18H19N5O6S4.